The summed E-state index contributed by atoms with van der Waals surface area (Å²) < 4.78 is 0. The van der Waals surface area contributed by atoms with Crippen molar-refractivity contribution in [1.82, 2.24) is 0 Å². The normalized spacial score (nSPS) is 17.5. The molecule has 0 amide bonds. The molecule has 1 fully saturated rings. The lowest BCUT2D eigenvalue weighted by molar-refractivity contribution is 0.101. The highest BCUT2D eigenvalue weighted by Crippen LogP contribution is 2.50. The van der Waals surface area contributed by atoms with E-state index in [9.17, 15) is 4.79 Å². The summed E-state index contributed by atoms with van der Waals surface area (Å²) in [5.74, 6) is 1.34. The molecule has 0 heterocycles. The predicted octanol–water partition coefficient (Wildman–Crippen LogP) is 3.28. The number of benzene rings is 1. The maximum Gasteiger partial charge on any atom is 0.159 e. The molecular formula is C13H16OS. The van der Waals surface area contributed by atoms with Crippen molar-refractivity contribution in [2.45, 2.75) is 25.2 Å². The van der Waals surface area contributed by atoms with E-state index in [4.69, 9.17) is 0 Å². The zero-order valence-corrected chi connectivity index (χ0v) is 10.1. The number of carbonyl (C=O) groups excluding carboxylic acids is 1. The molecule has 1 aliphatic carbocycles. The number of ketones is 1. The van der Waals surface area contributed by atoms with E-state index in [1.165, 1.54) is 24.2 Å². The first-order chi connectivity index (χ1) is 7.18. The molecule has 0 radical (unpaired) electrons. The zero-order chi connectivity index (χ0) is 10.9. The van der Waals surface area contributed by atoms with Crippen LogP contribution in [-0.2, 0) is 5.41 Å². The lowest BCUT2D eigenvalue weighted by atomic mass is 9.95. The fourth-order valence-corrected chi connectivity index (χ4v) is 3.02. The largest absolute Gasteiger partial charge is 0.295 e. The van der Waals surface area contributed by atoms with Crippen molar-refractivity contribution in [3.8, 4) is 0 Å². The molecule has 1 aromatic carbocycles. The monoisotopic (exact) mass is 220 g/mol. The van der Waals surface area contributed by atoms with E-state index in [1.807, 2.05) is 23.9 Å². The smallest absolute Gasteiger partial charge is 0.159 e. The van der Waals surface area contributed by atoms with Crippen LogP contribution in [0.25, 0.3) is 0 Å². The van der Waals surface area contributed by atoms with Gasteiger partial charge in [0.2, 0.25) is 0 Å². The average molecular weight is 220 g/mol. The number of rotatable bonds is 4. The van der Waals surface area contributed by atoms with Gasteiger partial charge in [-0.3, -0.25) is 4.79 Å². The maximum atomic E-state index is 11.3. The van der Waals surface area contributed by atoms with E-state index in [1.54, 1.807) is 6.92 Å². The first-order valence-corrected chi connectivity index (χ1v) is 6.68. The highest BCUT2D eigenvalue weighted by Gasteiger charge is 2.43. The van der Waals surface area contributed by atoms with Crippen LogP contribution in [0, 0.1) is 0 Å². The minimum Gasteiger partial charge on any atom is -0.295 e. The summed E-state index contributed by atoms with van der Waals surface area (Å²) in [4.78, 5) is 11.3. The molecule has 0 aromatic heterocycles. The van der Waals surface area contributed by atoms with Crippen LogP contribution in [0.4, 0.5) is 0 Å². The van der Waals surface area contributed by atoms with Crippen LogP contribution in [0.5, 0.6) is 0 Å². The first-order valence-electron chi connectivity index (χ1n) is 5.28. The highest BCUT2D eigenvalue weighted by atomic mass is 32.2. The summed E-state index contributed by atoms with van der Waals surface area (Å²) in [5, 5.41) is 0. The molecule has 1 saturated carbocycles. The molecule has 80 valence electrons. The van der Waals surface area contributed by atoms with Crippen molar-refractivity contribution >= 4 is 17.5 Å². The molecule has 2 rings (SSSR count). The first kappa shape index (κ1) is 10.7. The van der Waals surface area contributed by atoms with Gasteiger partial charge >= 0.3 is 0 Å². The summed E-state index contributed by atoms with van der Waals surface area (Å²) in [6, 6.07) is 8.15. The third-order valence-electron chi connectivity index (χ3n) is 3.16. The molecule has 0 saturated heterocycles. The van der Waals surface area contributed by atoms with E-state index in [0.29, 0.717) is 5.41 Å². The maximum absolute atomic E-state index is 11.3. The van der Waals surface area contributed by atoms with Crippen LogP contribution < -0.4 is 0 Å². The van der Waals surface area contributed by atoms with Gasteiger partial charge in [-0.2, -0.15) is 11.8 Å². The summed E-state index contributed by atoms with van der Waals surface area (Å²) in [6.45, 7) is 1.63. The summed E-state index contributed by atoms with van der Waals surface area (Å²) in [6.07, 6.45) is 4.69. The predicted molar refractivity (Wildman–Crippen MR) is 65.7 cm³/mol. The van der Waals surface area contributed by atoms with E-state index in [0.717, 1.165) is 5.56 Å². The van der Waals surface area contributed by atoms with Crippen molar-refractivity contribution in [1.29, 1.82) is 0 Å². The van der Waals surface area contributed by atoms with Gasteiger partial charge in [-0.15, -0.1) is 0 Å². The second-order valence-electron chi connectivity index (χ2n) is 4.35. The molecule has 0 atom stereocenters. The van der Waals surface area contributed by atoms with Gasteiger partial charge < -0.3 is 0 Å². The van der Waals surface area contributed by atoms with Gasteiger partial charge in [0.15, 0.2) is 5.78 Å². The van der Waals surface area contributed by atoms with Crippen molar-refractivity contribution in [2.24, 2.45) is 0 Å². The van der Waals surface area contributed by atoms with Crippen LogP contribution in [0.1, 0.15) is 35.7 Å². The Balaban J connectivity index is 2.29. The number of Topliss-reactive ketones (excluding diaryl/α,β-unsaturated/α-hetero) is 1. The van der Waals surface area contributed by atoms with Crippen molar-refractivity contribution < 1.29 is 4.79 Å². The Morgan fingerprint density at radius 2 is 2.20 bits per heavy atom. The quantitative estimate of drug-likeness (QED) is 0.724. The molecular weight excluding hydrogens is 204 g/mol. The molecule has 1 aromatic rings. The molecule has 1 nitrogen and oxygen atoms in total. The summed E-state index contributed by atoms with van der Waals surface area (Å²) >= 11 is 1.90. The fourth-order valence-electron chi connectivity index (χ4n) is 2.01. The lowest BCUT2D eigenvalue weighted by Gasteiger charge is -2.14. The van der Waals surface area contributed by atoms with Gasteiger partial charge in [-0.05, 0) is 37.7 Å². The third kappa shape index (κ3) is 2.10. The average Bonchev–Trinajstić information content (AvgIpc) is 3.00. The molecule has 0 bridgehead atoms. The van der Waals surface area contributed by atoms with E-state index in [-0.39, 0.29) is 5.78 Å². The molecule has 0 spiro atoms. The minimum atomic E-state index is 0.164. The van der Waals surface area contributed by atoms with E-state index in [2.05, 4.69) is 18.4 Å². The fraction of sp³-hybridized carbons (Fsp3) is 0.462. The van der Waals surface area contributed by atoms with Gasteiger partial charge in [-0.1, -0.05) is 18.2 Å². The van der Waals surface area contributed by atoms with Crippen LogP contribution in [0.3, 0.4) is 0 Å². The lowest BCUT2D eigenvalue weighted by Crippen LogP contribution is -2.10. The second-order valence-corrected chi connectivity index (χ2v) is 5.22. The van der Waals surface area contributed by atoms with Crippen LogP contribution in [-0.4, -0.2) is 17.8 Å². The summed E-state index contributed by atoms with van der Waals surface area (Å²) in [7, 11) is 0. The Hall–Kier alpha value is -0.760. The third-order valence-corrected chi connectivity index (χ3v) is 4.00. The Bertz CT molecular complexity index is 380. The number of hydrogen-bond donors (Lipinski definition) is 0. The molecule has 0 aliphatic heterocycles. The highest BCUT2D eigenvalue weighted by molar-refractivity contribution is 7.98. The molecule has 0 N–H and O–H groups in total. The van der Waals surface area contributed by atoms with Gasteiger partial charge in [0, 0.05) is 16.7 Å². The van der Waals surface area contributed by atoms with Crippen molar-refractivity contribution in [3.63, 3.8) is 0 Å². The van der Waals surface area contributed by atoms with Gasteiger partial charge in [0.25, 0.3) is 0 Å². The van der Waals surface area contributed by atoms with Crippen LogP contribution in [0.2, 0.25) is 0 Å². The Kier molecular flexibility index (Phi) is 2.87. The molecule has 0 unspecified atom stereocenters. The Morgan fingerprint density at radius 3 is 2.73 bits per heavy atom. The second kappa shape index (κ2) is 4.01. The SMILES string of the molecule is CSCC1(c2cccc(C(C)=O)c2)CC1. The Morgan fingerprint density at radius 1 is 1.47 bits per heavy atom. The molecule has 2 heteroatoms. The number of carbonyl (C=O) groups is 1. The Labute approximate surface area is 95.3 Å². The van der Waals surface area contributed by atoms with Gasteiger partial charge in [-0.25, -0.2) is 0 Å². The van der Waals surface area contributed by atoms with E-state index < -0.39 is 0 Å². The van der Waals surface area contributed by atoms with Crippen molar-refractivity contribution in [2.75, 3.05) is 12.0 Å². The van der Waals surface area contributed by atoms with Crippen LogP contribution in [0.15, 0.2) is 24.3 Å². The zero-order valence-electron chi connectivity index (χ0n) is 9.25. The molecule has 1 aliphatic rings. The molecule has 15 heavy (non-hydrogen) atoms. The minimum absolute atomic E-state index is 0.164. The number of hydrogen-bond acceptors (Lipinski definition) is 2. The topological polar surface area (TPSA) is 17.1 Å². The standard InChI is InChI=1S/C13H16OS/c1-10(14)11-4-3-5-12(8-11)13(6-7-13)9-15-2/h3-5,8H,6-7,9H2,1-2H3. The van der Waals surface area contributed by atoms with Crippen molar-refractivity contribution in [3.05, 3.63) is 35.4 Å². The van der Waals surface area contributed by atoms with Crippen LogP contribution >= 0.6 is 11.8 Å². The summed E-state index contributed by atoms with van der Waals surface area (Å²) in [5.41, 5.74) is 2.58. The van der Waals surface area contributed by atoms with E-state index >= 15 is 0 Å². The van der Waals surface area contributed by atoms with Gasteiger partial charge in [0.1, 0.15) is 0 Å². The van der Waals surface area contributed by atoms with Gasteiger partial charge in [0.05, 0.1) is 0 Å². The number of thioether (sulfide) groups is 1.